The van der Waals surface area contributed by atoms with Crippen LogP contribution >= 0.6 is 0 Å². The van der Waals surface area contributed by atoms with E-state index in [4.69, 9.17) is 4.42 Å². The predicted octanol–water partition coefficient (Wildman–Crippen LogP) is 4.11. The molecule has 0 radical (unpaired) electrons. The van der Waals surface area contributed by atoms with Crippen LogP contribution in [0.2, 0.25) is 0 Å². The van der Waals surface area contributed by atoms with Gasteiger partial charge in [-0.2, -0.15) is 0 Å². The van der Waals surface area contributed by atoms with Crippen LogP contribution in [0.4, 0.5) is 0 Å². The van der Waals surface area contributed by atoms with E-state index in [2.05, 4.69) is 4.74 Å². The van der Waals surface area contributed by atoms with Gasteiger partial charge in [-0.1, -0.05) is 24.3 Å². The summed E-state index contributed by atoms with van der Waals surface area (Å²) in [5, 5.41) is 11.0. The second-order valence-electron chi connectivity index (χ2n) is 5.86. The van der Waals surface area contributed by atoms with Gasteiger partial charge in [0.2, 0.25) is 5.43 Å². The molecule has 0 unspecified atom stereocenters. The van der Waals surface area contributed by atoms with Crippen molar-refractivity contribution in [2.24, 2.45) is 0 Å². The molecule has 1 N–H and O–H groups in total. The normalized spacial score (nSPS) is 11.0. The summed E-state index contributed by atoms with van der Waals surface area (Å²) in [4.78, 5) is 24.2. The molecule has 26 heavy (non-hydrogen) atoms. The highest BCUT2D eigenvalue weighted by Crippen LogP contribution is 2.32. The van der Waals surface area contributed by atoms with E-state index in [0.29, 0.717) is 27.7 Å². The highest BCUT2D eigenvalue weighted by molar-refractivity contribution is 5.96. The first kappa shape index (κ1) is 15.9. The van der Waals surface area contributed by atoms with Crippen molar-refractivity contribution < 1.29 is 19.1 Å². The Labute approximate surface area is 148 Å². The highest BCUT2D eigenvalue weighted by Gasteiger charge is 2.14. The predicted molar refractivity (Wildman–Crippen MR) is 98.4 cm³/mol. The first-order valence-electron chi connectivity index (χ1n) is 7.96. The lowest BCUT2D eigenvalue weighted by Gasteiger charge is -2.08. The number of para-hydroxylation sites is 1. The van der Waals surface area contributed by atoms with E-state index in [1.807, 2.05) is 0 Å². The number of phenols is 1. The zero-order valence-electron chi connectivity index (χ0n) is 13.9. The Morgan fingerprint density at radius 3 is 2.42 bits per heavy atom. The molecule has 1 heterocycles. The van der Waals surface area contributed by atoms with E-state index in [1.54, 1.807) is 54.6 Å². The molecule has 128 valence electrons. The minimum Gasteiger partial charge on any atom is -0.507 e. The monoisotopic (exact) mass is 346 g/mol. The van der Waals surface area contributed by atoms with Gasteiger partial charge < -0.3 is 14.3 Å². The largest absolute Gasteiger partial charge is 0.507 e. The highest BCUT2D eigenvalue weighted by atomic mass is 16.5. The second kappa shape index (κ2) is 6.04. The molecule has 0 saturated carbocycles. The number of carbonyl (C=O) groups excluding carboxylic acids is 1. The van der Waals surface area contributed by atoms with E-state index >= 15 is 0 Å². The van der Waals surface area contributed by atoms with Crippen molar-refractivity contribution in [3.8, 4) is 16.9 Å². The van der Waals surface area contributed by atoms with Gasteiger partial charge in [-0.15, -0.1) is 0 Å². The number of hydrogen-bond donors (Lipinski definition) is 1. The Morgan fingerprint density at radius 2 is 1.69 bits per heavy atom. The zero-order chi connectivity index (χ0) is 18.3. The summed E-state index contributed by atoms with van der Waals surface area (Å²) in [6.07, 6.45) is 0. The average molecular weight is 346 g/mol. The van der Waals surface area contributed by atoms with E-state index in [-0.39, 0.29) is 16.6 Å². The second-order valence-corrected chi connectivity index (χ2v) is 5.86. The van der Waals surface area contributed by atoms with E-state index in [9.17, 15) is 14.7 Å². The summed E-state index contributed by atoms with van der Waals surface area (Å²) >= 11 is 0. The number of methoxy groups -OCH3 is 1. The number of benzene rings is 3. The molecule has 5 heteroatoms. The molecule has 0 aliphatic heterocycles. The van der Waals surface area contributed by atoms with Crippen molar-refractivity contribution in [1.82, 2.24) is 0 Å². The van der Waals surface area contributed by atoms with Crippen molar-refractivity contribution in [2.45, 2.75) is 0 Å². The van der Waals surface area contributed by atoms with Crippen molar-refractivity contribution >= 4 is 27.9 Å². The number of ether oxygens (including phenoxy) is 1. The zero-order valence-corrected chi connectivity index (χ0v) is 13.9. The SMILES string of the molecule is COC(=O)c1ccc(-c2cc(O)c3c(=O)c4ccccc4oc3c2)cc1. The molecular formula is C21H14O5. The smallest absolute Gasteiger partial charge is 0.337 e. The van der Waals surface area contributed by atoms with E-state index in [1.165, 1.54) is 13.2 Å². The molecule has 1 aromatic heterocycles. The molecular weight excluding hydrogens is 332 g/mol. The van der Waals surface area contributed by atoms with Crippen LogP contribution in [-0.2, 0) is 4.74 Å². The third kappa shape index (κ3) is 2.50. The van der Waals surface area contributed by atoms with Gasteiger partial charge in [-0.25, -0.2) is 4.79 Å². The number of hydrogen-bond acceptors (Lipinski definition) is 5. The van der Waals surface area contributed by atoms with E-state index in [0.717, 1.165) is 5.56 Å². The molecule has 0 aliphatic carbocycles. The van der Waals surface area contributed by atoms with Gasteiger partial charge in [0.25, 0.3) is 0 Å². The average Bonchev–Trinajstić information content (AvgIpc) is 2.67. The number of carbonyl (C=O) groups is 1. The van der Waals surface area contributed by atoms with Gasteiger partial charge in [-0.05, 0) is 47.5 Å². The van der Waals surface area contributed by atoms with Crippen molar-refractivity contribution in [2.75, 3.05) is 7.11 Å². The van der Waals surface area contributed by atoms with Crippen LogP contribution in [0, 0.1) is 0 Å². The van der Waals surface area contributed by atoms with Gasteiger partial charge in [0, 0.05) is 0 Å². The van der Waals surface area contributed by atoms with Gasteiger partial charge in [0.15, 0.2) is 0 Å². The first-order chi connectivity index (χ1) is 12.6. The number of rotatable bonds is 2. The van der Waals surface area contributed by atoms with Gasteiger partial charge >= 0.3 is 5.97 Å². The summed E-state index contributed by atoms with van der Waals surface area (Å²) in [6, 6.07) is 16.9. The first-order valence-corrected chi connectivity index (χ1v) is 7.96. The van der Waals surface area contributed by atoms with Crippen LogP contribution in [0.25, 0.3) is 33.1 Å². The quantitative estimate of drug-likeness (QED) is 0.437. The fraction of sp³-hybridized carbons (Fsp3) is 0.0476. The number of fused-ring (bicyclic) bond motifs is 2. The molecule has 0 amide bonds. The number of esters is 1. The Balaban J connectivity index is 1.91. The molecule has 4 aromatic rings. The molecule has 0 bridgehead atoms. The lowest BCUT2D eigenvalue weighted by atomic mass is 10.0. The van der Waals surface area contributed by atoms with Gasteiger partial charge in [0.1, 0.15) is 22.3 Å². The molecule has 0 atom stereocenters. The molecule has 5 nitrogen and oxygen atoms in total. The Kier molecular flexibility index (Phi) is 3.69. The van der Waals surface area contributed by atoms with E-state index < -0.39 is 5.97 Å². The van der Waals surface area contributed by atoms with Crippen molar-refractivity contribution in [3.63, 3.8) is 0 Å². The van der Waals surface area contributed by atoms with Crippen molar-refractivity contribution in [3.05, 3.63) is 76.5 Å². The van der Waals surface area contributed by atoms with Crippen LogP contribution in [-0.4, -0.2) is 18.2 Å². The van der Waals surface area contributed by atoms with Gasteiger partial charge in [-0.3, -0.25) is 4.79 Å². The molecule has 3 aromatic carbocycles. The third-order valence-electron chi connectivity index (χ3n) is 4.30. The fourth-order valence-electron chi connectivity index (χ4n) is 2.99. The topological polar surface area (TPSA) is 76.7 Å². The van der Waals surface area contributed by atoms with Crippen LogP contribution in [0.15, 0.2) is 69.9 Å². The van der Waals surface area contributed by atoms with Crippen LogP contribution in [0.5, 0.6) is 5.75 Å². The molecule has 4 rings (SSSR count). The maximum absolute atomic E-state index is 12.6. The summed E-state index contributed by atoms with van der Waals surface area (Å²) in [5.74, 6) is -0.565. The van der Waals surface area contributed by atoms with Crippen LogP contribution < -0.4 is 5.43 Å². The molecule has 0 aliphatic rings. The number of aromatic hydroxyl groups is 1. The lowest BCUT2D eigenvalue weighted by Crippen LogP contribution is -2.02. The summed E-state index contributed by atoms with van der Waals surface area (Å²) in [6.45, 7) is 0. The minimum atomic E-state index is -0.421. The van der Waals surface area contributed by atoms with Crippen molar-refractivity contribution in [1.29, 1.82) is 0 Å². The minimum absolute atomic E-state index is 0.144. The van der Waals surface area contributed by atoms with Gasteiger partial charge in [0.05, 0.1) is 18.1 Å². The molecule has 0 fully saturated rings. The number of phenolic OH excluding ortho intramolecular Hbond substituents is 1. The lowest BCUT2D eigenvalue weighted by molar-refractivity contribution is 0.0600. The molecule has 0 spiro atoms. The maximum atomic E-state index is 12.6. The summed E-state index contributed by atoms with van der Waals surface area (Å²) in [7, 11) is 1.32. The summed E-state index contributed by atoms with van der Waals surface area (Å²) < 4.78 is 10.5. The summed E-state index contributed by atoms with van der Waals surface area (Å²) in [5.41, 5.74) is 2.37. The van der Waals surface area contributed by atoms with Crippen LogP contribution in [0.1, 0.15) is 10.4 Å². The Hall–Kier alpha value is -3.60. The standard InChI is InChI=1S/C21H14O5/c1-25-21(24)13-8-6-12(7-9-13)14-10-16(22)19-18(11-14)26-17-5-3-2-4-15(17)20(19)23/h2-11,22H,1H3. The fourth-order valence-corrected chi connectivity index (χ4v) is 2.99. The Morgan fingerprint density at radius 1 is 0.962 bits per heavy atom. The maximum Gasteiger partial charge on any atom is 0.337 e. The molecule has 0 saturated heterocycles. The van der Waals surface area contributed by atoms with Crippen LogP contribution in [0.3, 0.4) is 0 Å². The Bertz CT molecular complexity index is 1200. The third-order valence-corrected chi connectivity index (χ3v) is 4.30.